The summed E-state index contributed by atoms with van der Waals surface area (Å²) < 4.78 is 36.1. The van der Waals surface area contributed by atoms with E-state index in [0.717, 1.165) is 6.08 Å². The van der Waals surface area contributed by atoms with E-state index >= 15 is 0 Å². The highest BCUT2D eigenvalue weighted by Gasteiger charge is 2.01. The van der Waals surface area contributed by atoms with Crippen LogP contribution < -0.4 is 0 Å². The van der Waals surface area contributed by atoms with E-state index in [-0.39, 0.29) is 13.2 Å². The van der Waals surface area contributed by atoms with Crippen LogP contribution in [-0.2, 0) is 42.7 Å². The highest BCUT2D eigenvalue weighted by molar-refractivity contribution is 5.86. The summed E-state index contributed by atoms with van der Waals surface area (Å²) in [7, 11) is 0. The Morgan fingerprint density at radius 2 is 0.964 bits per heavy atom. The molecule has 0 aliphatic heterocycles. The molecule has 0 saturated heterocycles. The molecule has 0 aliphatic carbocycles. The standard InChI is InChI=1S/C19H32O9/c1-4-18(20)27-15-13-25-11-9-23-7-5-22-6-8-24-10-12-26-14-16-28-19(21)17(2)3/h4H,1-2,5-16H2,3H3. The number of carbonyl (C=O) groups is 2. The van der Waals surface area contributed by atoms with Gasteiger partial charge in [0, 0.05) is 11.6 Å². The van der Waals surface area contributed by atoms with E-state index in [4.69, 9.17) is 33.2 Å². The van der Waals surface area contributed by atoms with E-state index in [1.54, 1.807) is 6.92 Å². The molecule has 0 heterocycles. The Hall–Kier alpha value is -1.78. The topological polar surface area (TPSA) is 98.8 Å². The molecular weight excluding hydrogens is 372 g/mol. The summed E-state index contributed by atoms with van der Waals surface area (Å²) in [5.74, 6) is -0.879. The van der Waals surface area contributed by atoms with Gasteiger partial charge in [-0.3, -0.25) is 0 Å². The Labute approximate surface area is 166 Å². The zero-order valence-corrected chi connectivity index (χ0v) is 16.7. The van der Waals surface area contributed by atoms with Gasteiger partial charge in [-0.2, -0.15) is 0 Å². The second kappa shape index (κ2) is 20.0. The smallest absolute Gasteiger partial charge is 0.333 e. The summed E-state index contributed by atoms with van der Waals surface area (Å²) in [6.45, 7) is 13.0. The summed E-state index contributed by atoms with van der Waals surface area (Å²) in [6.07, 6.45) is 1.11. The van der Waals surface area contributed by atoms with E-state index in [9.17, 15) is 9.59 Å². The fourth-order valence-corrected chi connectivity index (χ4v) is 1.56. The Kier molecular flexibility index (Phi) is 18.7. The van der Waals surface area contributed by atoms with Crippen LogP contribution in [0.4, 0.5) is 0 Å². The van der Waals surface area contributed by atoms with Crippen molar-refractivity contribution in [3.8, 4) is 0 Å². The van der Waals surface area contributed by atoms with Crippen molar-refractivity contribution in [2.24, 2.45) is 0 Å². The van der Waals surface area contributed by atoms with Crippen molar-refractivity contribution in [2.75, 3.05) is 79.3 Å². The van der Waals surface area contributed by atoms with Crippen LogP contribution in [0, 0.1) is 0 Å². The Morgan fingerprint density at radius 1 is 0.643 bits per heavy atom. The third kappa shape index (κ3) is 19.0. The van der Waals surface area contributed by atoms with Gasteiger partial charge in [-0.15, -0.1) is 0 Å². The van der Waals surface area contributed by atoms with Gasteiger partial charge in [-0.1, -0.05) is 13.2 Å². The Balaban J connectivity index is 3.10. The van der Waals surface area contributed by atoms with Crippen LogP contribution >= 0.6 is 0 Å². The highest BCUT2D eigenvalue weighted by atomic mass is 16.6. The molecule has 0 amide bonds. The van der Waals surface area contributed by atoms with Gasteiger partial charge < -0.3 is 33.2 Å². The average Bonchev–Trinajstić information content (AvgIpc) is 2.69. The molecule has 0 unspecified atom stereocenters. The Morgan fingerprint density at radius 3 is 1.29 bits per heavy atom. The number of carbonyl (C=O) groups excluding carboxylic acids is 2. The van der Waals surface area contributed by atoms with Gasteiger partial charge in [-0.25, -0.2) is 9.59 Å². The van der Waals surface area contributed by atoms with Gasteiger partial charge in [0.1, 0.15) is 13.2 Å². The van der Waals surface area contributed by atoms with Crippen molar-refractivity contribution in [2.45, 2.75) is 6.92 Å². The first-order chi connectivity index (χ1) is 13.6. The lowest BCUT2D eigenvalue weighted by atomic mass is 10.4. The van der Waals surface area contributed by atoms with E-state index in [1.165, 1.54) is 0 Å². The second-order valence-electron chi connectivity index (χ2n) is 5.35. The largest absolute Gasteiger partial charge is 0.460 e. The zero-order valence-electron chi connectivity index (χ0n) is 16.7. The number of hydrogen-bond donors (Lipinski definition) is 0. The summed E-state index contributed by atoms with van der Waals surface area (Å²) in [5.41, 5.74) is 0.366. The molecule has 28 heavy (non-hydrogen) atoms. The summed E-state index contributed by atoms with van der Waals surface area (Å²) >= 11 is 0. The zero-order chi connectivity index (χ0) is 20.9. The first-order valence-corrected chi connectivity index (χ1v) is 9.08. The molecule has 0 aliphatic rings. The number of hydrogen-bond acceptors (Lipinski definition) is 9. The first kappa shape index (κ1) is 26.2. The lowest BCUT2D eigenvalue weighted by molar-refractivity contribution is -0.141. The highest BCUT2D eigenvalue weighted by Crippen LogP contribution is 1.91. The van der Waals surface area contributed by atoms with Crippen molar-refractivity contribution < 1.29 is 42.7 Å². The van der Waals surface area contributed by atoms with Gasteiger partial charge in [0.15, 0.2) is 0 Å². The SMILES string of the molecule is C=CC(=O)OCCOCCOCCOCCOCCOCCOC(=O)C(=C)C. The predicted molar refractivity (Wildman–Crippen MR) is 101 cm³/mol. The van der Waals surface area contributed by atoms with Crippen LogP contribution in [-0.4, -0.2) is 91.2 Å². The molecule has 0 rings (SSSR count). The molecule has 9 nitrogen and oxygen atoms in total. The van der Waals surface area contributed by atoms with E-state index in [1.807, 2.05) is 0 Å². The van der Waals surface area contributed by atoms with Crippen molar-refractivity contribution >= 4 is 11.9 Å². The molecule has 0 atom stereocenters. The van der Waals surface area contributed by atoms with Gasteiger partial charge >= 0.3 is 11.9 Å². The normalized spacial score (nSPS) is 10.5. The molecule has 0 aromatic rings. The minimum Gasteiger partial charge on any atom is -0.460 e. The molecule has 0 aromatic heterocycles. The minimum absolute atomic E-state index is 0.196. The third-order valence-corrected chi connectivity index (χ3v) is 2.94. The van der Waals surface area contributed by atoms with E-state index in [2.05, 4.69) is 13.2 Å². The first-order valence-electron chi connectivity index (χ1n) is 9.08. The summed E-state index contributed by atoms with van der Waals surface area (Å²) in [5, 5.41) is 0. The molecule has 0 spiro atoms. The molecule has 0 fully saturated rings. The van der Waals surface area contributed by atoms with E-state index in [0.29, 0.717) is 71.6 Å². The Bertz CT molecular complexity index is 437. The molecule has 0 saturated carbocycles. The monoisotopic (exact) mass is 404 g/mol. The lowest BCUT2D eigenvalue weighted by Crippen LogP contribution is -2.15. The van der Waals surface area contributed by atoms with Crippen LogP contribution in [0.25, 0.3) is 0 Å². The maximum absolute atomic E-state index is 11.1. The fourth-order valence-electron chi connectivity index (χ4n) is 1.56. The van der Waals surface area contributed by atoms with Gasteiger partial charge in [0.05, 0.1) is 66.1 Å². The molecule has 162 valence electrons. The second-order valence-corrected chi connectivity index (χ2v) is 5.35. The average molecular weight is 404 g/mol. The van der Waals surface area contributed by atoms with Gasteiger partial charge in [0.25, 0.3) is 0 Å². The predicted octanol–water partition coefficient (Wildman–Crippen LogP) is 0.918. The third-order valence-electron chi connectivity index (χ3n) is 2.94. The van der Waals surface area contributed by atoms with Crippen LogP contribution in [0.1, 0.15) is 6.92 Å². The summed E-state index contributed by atoms with van der Waals surface area (Å²) in [6, 6.07) is 0. The fraction of sp³-hybridized carbons (Fsp3) is 0.684. The molecular formula is C19H32O9. The van der Waals surface area contributed by atoms with Crippen molar-refractivity contribution in [1.82, 2.24) is 0 Å². The number of rotatable bonds is 20. The number of esters is 2. The van der Waals surface area contributed by atoms with Crippen molar-refractivity contribution in [1.29, 1.82) is 0 Å². The maximum Gasteiger partial charge on any atom is 0.333 e. The molecule has 0 bridgehead atoms. The van der Waals surface area contributed by atoms with Crippen LogP contribution in [0.2, 0.25) is 0 Å². The van der Waals surface area contributed by atoms with E-state index < -0.39 is 11.9 Å². The quantitative estimate of drug-likeness (QED) is 0.167. The van der Waals surface area contributed by atoms with Crippen molar-refractivity contribution in [3.05, 3.63) is 24.8 Å². The minimum atomic E-state index is -0.463. The molecule has 0 N–H and O–H groups in total. The van der Waals surface area contributed by atoms with Gasteiger partial charge in [-0.05, 0) is 6.92 Å². The molecule has 0 aromatic carbocycles. The van der Waals surface area contributed by atoms with Gasteiger partial charge in [0.2, 0.25) is 0 Å². The van der Waals surface area contributed by atoms with Crippen LogP contribution in [0.3, 0.4) is 0 Å². The number of ether oxygens (including phenoxy) is 7. The maximum atomic E-state index is 11.1. The lowest BCUT2D eigenvalue weighted by Gasteiger charge is -2.08. The van der Waals surface area contributed by atoms with Crippen LogP contribution in [0.15, 0.2) is 24.8 Å². The molecule has 9 heteroatoms. The molecule has 0 radical (unpaired) electrons. The van der Waals surface area contributed by atoms with Crippen molar-refractivity contribution in [3.63, 3.8) is 0 Å². The summed E-state index contributed by atoms with van der Waals surface area (Å²) in [4.78, 5) is 21.9. The van der Waals surface area contributed by atoms with Crippen LogP contribution in [0.5, 0.6) is 0 Å².